The number of carbonyl (C=O) groups excluding carboxylic acids is 1. The maximum atomic E-state index is 12.7. The maximum Gasteiger partial charge on any atom is 0.245 e. The Morgan fingerprint density at radius 3 is 2.46 bits per heavy atom. The first-order valence-electron chi connectivity index (χ1n) is 8.37. The molecule has 1 heterocycles. The summed E-state index contributed by atoms with van der Waals surface area (Å²) in [7, 11) is -2.19. The van der Waals surface area contributed by atoms with Crippen LogP contribution in [0.5, 0.6) is 5.75 Å². The highest BCUT2D eigenvalue weighted by atomic mass is 32.2. The molecule has 0 unspecified atom stereocenters. The number of nitrogens with one attached hydrogen (secondary N) is 1. The number of hydrogen-bond donors (Lipinski definition) is 1. The van der Waals surface area contributed by atoms with Gasteiger partial charge in [0.15, 0.2) is 0 Å². The van der Waals surface area contributed by atoms with Crippen LogP contribution in [0.2, 0.25) is 0 Å². The number of benzene rings is 2. The minimum atomic E-state index is -3.76. The molecule has 0 spiro atoms. The number of rotatable bonds is 5. The first kappa shape index (κ1) is 18.4. The zero-order valence-electron chi connectivity index (χ0n) is 15.0. The van der Waals surface area contributed by atoms with E-state index in [-0.39, 0.29) is 10.8 Å². The third-order valence-corrected chi connectivity index (χ3v) is 6.13. The minimum absolute atomic E-state index is 0.216. The number of methoxy groups -OCH3 is 1. The fourth-order valence-corrected chi connectivity index (χ4v) is 4.61. The van der Waals surface area contributed by atoms with Crippen LogP contribution in [0, 0.1) is 13.8 Å². The van der Waals surface area contributed by atoms with Crippen molar-refractivity contribution in [1.29, 1.82) is 0 Å². The normalized spacial score (nSPS) is 17.6. The van der Waals surface area contributed by atoms with Crippen molar-refractivity contribution in [2.75, 3.05) is 18.6 Å². The number of amides is 1. The molecule has 26 heavy (non-hydrogen) atoms. The molecule has 0 aliphatic carbocycles. The molecule has 7 heteroatoms. The Morgan fingerprint density at radius 1 is 1.12 bits per heavy atom. The fraction of sp³-hybridized carbons (Fsp3) is 0.316. The molecule has 0 aromatic heterocycles. The standard InChI is InChI=1S/C19H22N2O4S/c1-13-4-5-14(2)18(12-13)26(23,24)20-17-10-11-21(19(17)22)15-6-8-16(25-3)9-7-15/h4-9,12,17,20H,10-11H2,1-3H3/t17-/m0/s1. The highest BCUT2D eigenvalue weighted by Gasteiger charge is 2.36. The Bertz CT molecular complexity index is 923. The SMILES string of the molecule is COc1ccc(N2CC[C@H](NS(=O)(=O)c3cc(C)ccc3C)C2=O)cc1. The largest absolute Gasteiger partial charge is 0.497 e. The fourth-order valence-electron chi connectivity index (χ4n) is 3.06. The van der Waals surface area contributed by atoms with Crippen molar-refractivity contribution < 1.29 is 17.9 Å². The van der Waals surface area contributed by atoms with Crippen molar-refractivity contribution in [1.82, 2.24) is 4.72 Å². The number of carbonyl (C=O) groups is 1. The van der Waals surface area contributed by atoms with Gasteiger partial charge in [-0.05, 0) is 61.7 Å². The van der Waals surface area contributed by atoms with Gasteiger partial charge in [-0.3, -0.25) is 4.79 Å². The van der Waals surface area contributed by atoms with Gasteiger partial charge in [-0.1, -0.05) is 12.1 Å². The van der Waals surface area contributed by atoms with E-state index in [1.54, 1.807) is 55.3 Å². The van der Waals surface area contributed by atoms with Crippen LogP contribution in [0.4, 0.5) is 5.69 Å². The molecule has 0 radical (unpaired) electrons. The third kappa shape index (κ3) is 3.59. The summed E-state index contributed by atoms with van der Waals surface area (Å²) in [5.41, 5.74) is 2.23. The number of aryl methyl sites for hydroxylation is 2. The van der Waals surface area contributed by atoms with Gasteiger partial charge in [-0.2, -0.15) is 4.72 Å². The Morgan fingerprint density at radius 2 is 1.81 bits per heavy atom. The predicted molar refractivity (Wildman–Crippen MR) is 100.0 cm³/mol. The molecule has 1 N–H and O–H groups in total. The number of ether oxygens (including phenoxy) is 1. The molecular formula is C19H22N2O4S. The summed E-state index contributed by atoms with van der Waals surface area (Å²) in [5, 5.41) is 0. The summed E-state index contributed by atoms with van der Waals surface area (Å²) in [6.07, 6.45) is 0.426. The lowest BCUT2D eigenvalue weighted by atomic mass is 10.2. The molecule has 1 aliphatic heterocycles. The second kappa shape index (κ2) is 7.09. The molecule has 1 fully saturated rings. The molecule has 138 valence electrons. The summed E-state index contributed by atoms with van der Waals surface area (Å²) < 4.78 is 33.2. The van der Waals surface area contributed by atoms with Crippen LogP contribution in [-0.2, 0) is 14.8 Å². The first-order valence-corrected chi connectivity index (χ1v) is 9.85. The van der Waals surface area contributed by atoms with Crippen molar-refractivity contribution in [3.05, 3.63) is 53.6 Å². The number of sulfonamides is 1. The number of anilines is 1. The van der Waals surface area contributed by atoms with E-state index in [4.69, 9.17) is 4.74 Å². The zero-order valence-corrected chi connectivity index (χ0v) is 15.8. The highest BCUT2D eigenvalue weighted by Crippen LogP contribution is 2.25. The minimum Gasteiger partial charge on any atom is -0.497 e. The zero-order chi connectivity index (χ0) is 18.9. The van der Waals surface area contributed by atoms with E-state index in [2.05, 4.69) is 4.72 Å². The van der Waals surface area contributed by atoms with Gasteiger partial charge in [0, 0.05) is 12.2 Å². The van der Waals surface area contributed by atoms with E-state index in [1.165, 1.54) is 0 Å². The van der Waals surface area contributed by atoms with Crippen LogP contribution in [0.15, 0.2) is 47.4 Å². The van der Waals surface area contributed by atoms with Crippen LogP contribution in [-0.4, -0.2) is 34.0 Å². The van der Waals surface area contributed by atoms with Crippen molar-refractivity contribution in [3.63, 3.8) is 0 Å². The molecule has 0 saturated carbocycles. The van der Waals surface area contributed by atoms with E-state index in [0.29, 0.717) is 24.3 Å². The summed E-state index contributed by atoms with van der Waals surface area (Å²) in [4.78, 5) is 14.5. The van der Waals surface area contributed by atoms with Gasteiger partial charge >= 0.3 is 0 Å². The molecule has 1 aliphatic rings. The summed E-state index contributed by atoms with van der Waals surface area (Å²) in [6.45, 7) is 4.05. The Balaban J connectivity index is 1.78. The summed E-state index contributed by atoms with van der Waals surface area (Å²) in [5.74, 6) is 0.455. The number of hydrogen-bond acceptors (Lipinski definition) is 4. The van der Waals surface area contributed by atoms with Gasteiger partial charge in [-0.25, -0.2) is 8.42 Å². The summed E-state index contributed by atoms with van der Waals surface area (Å²) >= 11 is 0. The van der Waals surface area contributed by atoms with Crippen molar-refractivity contribution in [2.45, 2.75) is 31.2 Å². The van der Waals surface area contributed by atoms with E-state index in [1.807, 2.05) is 13.0 Å². The number of nitrogens with zero attached hydrogens (tertiary/aromatic N) is 1. The van der Waals surface area contributed by atoms with Crippen molar-refractivity contribution >= 4 is 21.6 Å². The lowest BCUT2D eigenvalue weighted by Gasteiger charge is -2.18. The quantitative estimate of drug-likeness (QED) is 0.872. The molecule has 1 amide bonds. The Hall–Kier alpha value is -2.38. The van der Waals surface area contributed by atoms with Crippen LogP contribution in [0.1, 0.15) is 17.5 Å². The molecule has 0 bridgehead atoms. The average molecular weight is 374 g/mol. The van der Waals surface area contributed by atoms with Gasteiger partial charge < -0.3 is 9.64 Å². The third-order valence-electron chi connectivity index (χ3n) is 4.52. The van der Waals surface area contributed by atoms with E-state index in [9.17, 15) is 13.2 Å². The summed E-state index contributed by atoms with van der Waals surface area (Å²) in [6, 6.07) is 11.6. The van der Waals surface area contributed by atoms with Gasteiger partial charge in [0.2, 0.25) is 15.9 Å². The highest BCUT2D eigenvalue weighted by molar-refractivity contribution is 7.89. The molecule has 1 atom stereocenters. The van der Waals surface area contributed by atoms with Gasteiger partial charge in [0.25, 0.3) is 0 Å². The van der Waals surface area contributed by atoms with Crippen LogP contribution < -0.4 is 14.4 Å². The topological polar surface area (TPSA) is 75.7 Å². The Labute approximate surface area is 153 Å². The monoisotopic (exact) mass is 374 g/mol. The first-order chi connectivity index (χ1) is 12.3. The van der Waals surface area contributed by atoms with Crippen LogP contribution >= 0.6 is 0 Å². The van der Waals surface area contributed by atoms with Crippen molar-refractivity contribution in [2.24, 2.45) is 0 Å². The molecular weight excluding hydrogens is 352 g/mol. The molecule has 1 saturated heterocycles. The molecule has 6 nitrogen and oxygen atoms in total. The van der Waals surface area contributed by atoms with Gasteiger partial charge in [0.05, 0.1) is 12.0 Å². The van der Waals surface area contributed by atoms with E-state index in [0.717, 1.165) is 11.3 Å². The average Bonchev–Trinajstić information content (AvgIpc) is 2.97. The van der Waals surface area contributed by atoms with Crippen LogP contribution in [0.3, 0.4) is 0 Å². The van der Waals surface area contributed by atoms with E-state index >= 15 is 0 Å². The Kier molecular flexibility index (Phi) is 5.02. The predicted octanol–water partition coefficient (Wildman–Crippen LogP) is 2.40. The molecule has 3 rings (SSSR count). The van der Waals surface area contributed by atoms with Gasteiger partial charge in [0.1, 0.15) is 11.8 Å². The molecule has 2 aromatic rings. The second-order valence-corrected chi connectivity index (χ2v) is 8.10. The van der Waals surface area contributed by atoms with Gasteiger partial charge in [-0.15, -0.1) is 0 Å². The van der Waals surface area contributed by atoms with Crippen molar-refractivity contribution in [3.8, 4) is 5.75 Å². The van der Waals surface area contributed by atoms with E-state index < -0.39 is 16.1 Å². The second-order valence-electron chi connectivity index (χ2n) is 6.42. The smallest absolute Gasteiger partial charge is 0.245 e. The lowest BCUT2D eigenvalue weighted by molar-refractivity contribution is -0.118. The van der Waals surface area contributed by atoms with Crippen LogP contribution in [0.25, 0.3) is 0 Å². The maximum absolute atomic E-state index is 12.7. The molecule has 2 aromatic carbocycles. The lowest BCUT2D eigenvalue weighted by Crippen LogP contribution is -2.41.